The Labute approximate surface area is 75.0 Å². The van der Waals surface area contributed by atoms with E-state index in [1.165, 1.54) is 0 Å². The first-order chi connectivity index (χ1) is 5.70. The Bertz CT molecular complexity index is 297. The van der Waals surface area contributed by atoms with Gasteiger partial charge in [-0.1, -0.05) is 42.5 Å². The van der Waals surface area contributed by atoms with Gasteiger partial charge in [-0.25, -0.2) is 9.90 Å². The molecule has 3 nitrogen and oxygen atoms in total. The molecule has 0 aromatic heterocycles. The highest BCUT2D eigenvalue weighted by Gasteiger charge is 2.03. The number of hydrogen-bond donors (Lipinski definition) is 1. The van der Waals surface area contributed by atoms with Crippen molar-refractivity contribution in [2.45, 2.75) is 0 Å². The maximum atomic E-state index is 10.1. The first kappa shape index (κ1) is 8.67. The van der Waals surface area contributed by atoms with Crippen molar-refractivity contribution in [1.82, 2.24) is 5.32 Å². The molecule has 1 radical (unpaired) electrons. The molecule has 12 heavy (non-hydrogen) atoms. The monoisotopic (exact) mass is 180 g/mol. The lowest BCUT2D eigenvalue weighted by Gasteiger charge is -2.00. The number of carbonyl (C=O) groups is 1. The minimum Gasteiger partial charge on any atom is -0.278 e. The van der Waals surface area contributed by atoms with Gasteiger partial charge < -0.3 is 0 Å². The van der Waals surface area contributed by atoms with Gasteiger partial charge in [0.2, 0.25) is 0 Å². The minimum atomic E-state index is -1.39. The fourth-order valence-corrected chi connectivity index (χ4v) is 0.974. The smallest absolute Gasteiger partial charge is 0.278 e. The lowest BCUT2D eigenvalue weighted by molar-refractivity contribution is 0.175. The largest absolute Gasteiger partial charge is 0.455 e. The number of nitrogens with one attached hydrogen (secondary N) is 1. The van der Waals surface area contributed by atoms with E-state index in [0.717, 1.165) is 0 Å². The highest BCUT2D eigenvalue weighted by molar-refractivity contribution is 7.80. The van der Waals surface area contributed by atoms with Crippen LogP contribution in [-0.4, -0.2) is 11.1 Å². The summed E-state index contributed by atoms with van der Waals surface area (Å²) in [6.07, 6.45) is -1.39. The second-order valence-corrected chi connectivity index (χ2v) is 2.52. The molecule has 1 N–H and O–H groups in total. The number of rotatable bonds is 1. The number of carbonyl (C=O) groups excluding carboxylic acids is 1. The molecular weight excluding hydrogens is 174 g/mol. The predicted octanol–water partition coefficient (Wildman–Crippen LogP) is 1.50. The minimum absolute atomic E-state index is 0.163. The summed E-state index contributed by atoms with van der Waals surface area (Å²) in [6.45, 7) is 0. The van der Waals surface area contributed by atoms with Gasteiger partial charge in [0, 0.05) is 5.56 Å². The normalized spacial score (nSPS) is 9.00. The summed E-state index contributed by atoms with van der Waals surface area (Å²) < 4.78 is 0. The second-order valence-electron chi connectivity index (χ2n) is 2.11. The van der Waals surface area contributed by atoms with E-state index in [1.807, 2.05) is 11.4 Å². The fraction of sp³-hybridized carbons (Fsp3) is 0. The Morgan fingerprint density at radius 2 is 1.83 bits per heavy atom. The molecule has 0 heterocycles. The van der Waals surface area contributed by atoms with Crippen LogP contribution < -0.4 is 5.32 Å². The maximum Gasteiger partial charge on any atom is 0.455 e. The van der Waals surface area contributed by atoms with Crippen LogP contribution in [0.5, 0.6) is 0 Å². The third kappa shape index (κ3) is 2.32. The van der Waals surface area contributed by atoms with Crippen molar-refractivity contribution < 1.29 is 9.90 Å². The van der Waals surface area contributed by atoms with Crippen molar-refractivity contribution in [1.29, 1.82) is 0 Å². The molecule has 0 aliphatic heterocycles. The van der Waals surface area contributed by atoms with Crippen LogP contribution in [0.2, 0.25) is 0 Å². The molecule has 1 rings (SSSR count). The molecule has 0 saturated heterocycles. The van der Waals surface area contributed by atoms with E-state index >= 15 is 0 Å². The molecule has 0 aliphatic carbocycles. The summed E-state index contributed by atoms with van der Waals surface area (Å²) >= 11 is 4.76. The molecule has 0 fully saturated rings. The molecule has 0 bridgehead atoms. The van der Waals surface area contributed by atoms with Crippen LogP contribution in [0.3, 0.4) is 0 Å². The van der Waals surface area contributed by atoms with Crippen molar-refractivity contribution in [3.8, 4) is 0 Å². The summed E-state index contributed by atoms with van der Waals surface area (Å²) in [5.74, 6) is 0. The van der Waals surface area contributed by atoms with Gasteiger partial charge in [0.15, 0.2) is 0 Å². The number of benzene rings is 1. The van der Waals surface area contributed by atoms with Crippen LogP contribution in [0.15, 0.2) is 30.3 Å². The summed E-state index contributed by atoms with van der Waals surface area (Å²) in [7, 11) is 0. The molecule has 0 spiro atoms. The Hall–Kier alpha value is -1.42. The van der Waals surface area contributed by atoms with Gasteiger partial charge in [-0.05, 0) is 0 Å². The molecule has 0 aliphatic rings. The zero-order valence-corrected chi connectivity index (χ0v) is 6.93. The van der Waals surface area contributed by atoms with E-state index in [9.17, 15) is 9.90 Å². The molecule has 0 unspecified atom stereocenters. The van der Waals surface area contributed by atoms with Gasteiger partial charge in [0.05, 0.1) is 0 Å². The molecule has 0 saturated carbocycles. The van der Waals surface area contributed by atoms with Crippen LogP contribution in [0.1, 0.15) is 5.56 Å². The van der Waals surface area contributed by atoms with Gasteiger partial charge >= 0.3 is 6.09 Å². The van der Waals surface area contributed by atoms with E-state index < -0.39 is 6.09 Å². The summed E-state index contributed by atoms with van der Waals surface area (Å²) in [5.41, 5.74) is 0.664. The van der Waals surface area contributed by atoms with E-state index in [2.05, 4.69) is 0 Å². The first-order valence-electron chi connectivity index (χ1n) is 3.27. The highest BCUT2D eigenvalue weighted by Crippen LogP contribution is 1.98. The van der Waals surface area contributed by atoms with Crippen LogP contribution in [-0.2, 0) is 5.11 Å². The zero-order chi connectivity index (χ0) is 8.97. The maximum absolute atomic E-state index is 10.1. The van der Waals surface area contributed by atoms with Crippen LogP contribution in [0, 0.1) is 0 Å². The topological polar surface area (TPSA) is 49.0 Å². The van der Waals surface area contributed by atoms with Crippen molar-refractivity contribution in [3.63, 3.8) is 0 Å². The van der Waals surface area contributed by atoms with Gasteiger partial charge in [0.1, 0.15) is 4.99 Å². The third-order valence-electron chi connectivity index (χ3n) is 1.25. The Kier molecular flexibility index (Phi) is 2.76. The molecular formula is C8H6NO2S. The standard InChI is InChI=1S/C8H6NO2S/c10-8(11)9-7(12)6-4-2-1-3-5-6/h1-5H,(H,9,12). The molecule has 1 aromatic rings. The van der Waals surface area contributed by atoms with E-state index in [0.29, 0.717) is 5.56 Å². The van der Waals surface area contributed by atoms with Crippen molar-refractivity contribution >= 4 is 23.3 Å². The van der Waals surface area contributed by atoms with Gasteiger partial charge in [-0.15, -0.1) is 0 Å². The second kappa shape index (κ2) is 3.82. The van der Waals surface area contributed by atoms with E-state index in [1.54, 1.807) is 24.3 Å². The Balaban J connectivity index is 2.73. The number of hydrogen-bond acceptors (Lipinski definition) is 2. The highest BCUT2D eigenvalue weighted by atomic mass is 32.1. The summed E-state index contributed by atoms with van der Waals surface area (Å²) in [5, 5.41) is 12.1. The molecule has 1 amide bonds. The molecule has 61 valence electrons. The van der Waals surface area contributed by atoms with Crippen LogP contribution in [0.25, 0.3) is 0 Å². The first-order valence-corrected chi connectivity index (χ1v) is 3.68. The van der Waals surface area contributed by atoms with Gasteiger partial charge in [-0.3, -0.25) is 5.32 Å². The summed E-state index contributed by atoms with van der Waals surface area (Å²) in [6, 6.07) is 8.82. The Morgan fingerprint density at radius 3 is 2.33 bits per heavy atom. The number of thiocarbonyl (C=S) groups is 1. The van der Waals surface area contributed by atoms with Crippen LogP contribution in [0.4, 0.5) is 4.79 Å². The zero-order valence-electron chi connectivity index (χ0n) is 6.11. The van der Waals surface area contributed by atoms with E-state index in [4.69, 9.17) is 12.2 Å². The summed E-state index contributed by atoms with van der Waals surface area (Å²) in [4.78, 5) is 10.2. The van der Waals surface area contributed by atoms with Crippen molar-refractivity contribution in [2.75, 3.05) is 0 Å². The molecule has 1 aromatic carbocycles. The predicted molar refractivity (Wildman–Crippen MR) is 47.4 cm³/mol. The van der Waals surface area contributed by atoms with E-state index in [-0.39, 0.29) is 4.99 Å². The molecule has 4 heteroatoms. The van der Waals surface area contributed by atoms with Crippen molar-refractivity contribution in [3.05, 3.63) is 35.9 Å². The lowest BCUT2D eigenvalue weighted by atomic mass is 10.2. The quantitative estimate of drug-likeness (QED) is 0.666. The average molecular weight is 180 g/mol. The van der Waals surface area contributed by atoms with Gasteiger partial charge in [0.25, 0.3) is 0 Å². The lowest BCUT2D eigenvalue weighted by Crippen LogP contribution is -2.26. The molecule has 0 atom stereocenters. The SMILES string of the molecule is [O]C(=O)NC(=S)c1ccccc1. The fourth-order valence-electron chi connectivity index (χ4n) is 0.754. The van der Waals surface area contributed by atoms with Crippen LogP contribution >= 0.6 is 12.2 Å². The average Bonchev–Trinajstić information content (AvgIpc) is 2.05. The Morgan fingerprint density at radius 1 is 1.25 bits per heavy atom. The van der Waals surface area contributed by atoms with Crippen molar-refractivity contribution in [2.24, 2.45) is 0 Å². The van der Waals surface area contributed by atoms with Gasteiger partial charge in [-0.2, -0.15) is 0 Å². The number of amides is 1. The third-order valence-corrected chi connectivity index (χ3v) is 1.59.